The number of piperazine rings is 1. The Kier molecular flexibility index (Phi) is 3.79. The average Bonchev–Trinajstić information content (AvgIpc) is 3.08. The lowest BCUT2D eigenvalue weighted by Crippen LogP contribution is -2.46. The van der Waals surface area contributed by atoms with Gasteiger partial charge in [-0.1, -0.05) is 0 Å². The first-order valence-corrected chi connectivity index (χ1v) is 6.80. The zero-order valence-corrected chi connectivity index (χ0v) is 11.7. The van der Waals surface area contributed by atoms with E-state index >= 15 is 0 Å². The largest absolute Gasteiger partial charge is 0.336 e. The van der Waals surface area contributed by atoms with E-state index in [1.807, 2.05) is 0 Å². The second kappa shape index (κ2) is 5.90. The SMILES string of the molecule is O=C(c1ccc(-n2cncn2)c([N+](=O)[O-])c1)N1CCNCC1. The standard InChI is InChI=1S/C13H14N6O3/c20-13(17-5-3-14-4-6-17)10-1-2-11(12(7-10)19(21)22)18-9-15-8-16-18/h1-2,7-9,14H,3-6H2. The molecule has 1 aromatic carbocycles. The topological polar surface area (TPSA) is 106 Å². The molecule has 114 valence electrons. The highest BCUT2D eigenvalue weighted by Gasteiger charge is 2.23. The summed E-state index contributed by atoms with van der Waals surface area (Å²) in [5, 5.41) is 18.3. The van der Waals surface area contributed by atoms with Crippen molar-refractivity contribution in [1.82, 2.24) is 25.0 Å². The lowest BCUT2D eigenvalue weighted by molar-refractivity contribution is -0.384. The van der Waals surface area contributed by atoms with Gasteiger partial charge in [0, 0.05) is 37.8 Å². The van der Waals surface area contributed by atoms with E-state index < -0.39 is 4.92 Å². The van der Waals surface area contributed by atoms with Crippen molar-refractivity contribution < 1.29 is 9.72 Å². The fraction of sp³-hybridized carbons (Fsp3) is 0.308. The molecular formula is C13H14N6O3. The normalized spacial score (nSPS) is 14.8. The number of aromatic nitrogens is 3. The highest BCUT2D eigenvalue weighted by molar-refractivity contribution is 5.95. The van der Waals surface area contributed by atoms with Crippen molar-refractivity contribution >= 4 is 11.6 Å². The molecule has 9 heteroatoms. The van der Waals surface area contributed by atoms with Crippen LogP contribution in [0.1, 0.15) is 10.4 Å². The van der Waals surface area contributed by atoms with Crippen molar-refractivity contribution in [3.63, 3.8) is 0 Å². The van der Waals surface area contributed by atoms with E-state index in [9.17, 15) is 14.9 Å². The molecule has 9 nitrogen and oxygen atoms in total. The van der Waals surface area contributed by atoms with Gasteiger partial charge in [-0.15, -0.1) is 0 Å². The molecule has 0 unspecified atom stereocenters. The van der Waals surface area contributed by atoms with Crippen LogP contribution >= 0.6 is 0 Å². The number of nitrogens with zero attached hydrogens (tertiary/aromatic N) is 5. The lowest BCUT2D eigenvalue weighted by atomic mass is 10.1. The van der Waals surface area contributed by atoms with Crippen LogP contribution in [-0.4, -0.2) is 56.7 Å². The van der Waals surface area contributed by atoms with E-state index in [0.717, 1.165) is 13.1 Å². The number of hydrogen-bond donors (Lipinski definition) is 1. The maximum atomic E-state index is 12.4. The highest BCUT2D eigenvalue weighted by atomic mass is 16.6. The number of nitro groups is 1. The van der Waals surface area contributed by atoms with Crippen LogP contribution in [0.3, 0.4) is 0 Å². The molecule has 2 aromatic rings. The molecule has 0 aliphatic carbocycles. The number of nitrogens with one attached hydrogen (secondary N) is 1. The molecular weight excluding hydrogens is 288 g/mol. The molecule has 1 N–H and O–H groups in total. The van der Waals surface area contributed by atoms with E-state index in [0.29, 0.717) is 18.7 Å². The van der Waals surface area contributed by atoms with Crippen molar-refractivity contribution in [2.75, 3.05) is 26.2 Å². The Balaban J connectivity index is 1.95. The molecule has 0 spiro atoms. The minimum absolute atomic E-state index is 0.175. The maximum absolute atomic E-state index is 12.4. The van der Waals surface area contributed by atoms with Gasteiger partial charge >= 0.3 is 0 Å². The molecule has 2 heterocycles. The molecule has 1 fully saturated rings. The fourth-order valence-corrected chi connectivity index (χ4v) is 2.38. The Morgan fingerprint density at radius 1 is 1.32 bits per heavy atom. The molecule has 1 aromatic heterocycles. The first-order chi connectivity index (χ1) is 10.7. The second-order valence-corrected chi connectivity index (χ2v) is 4.84. The summed E-state index contributed by atoms with van der Waals surface area (Å²) in [6.07, 6.45) is 2.67. The Morgan fingerprint density at radius 2 is 2.09 bits per heavy atom. The Bertz CT molecular complexity index is 694. The van der Waals surface area contributed by atoms with Gasteiger partial charge in [-0.25, -0.2) is 9.67 Å². The Hall–Kier alpha value is -2.81. The lowest BCUT2D eigenvalue weighted by Gasteiger charge is -2.27. The summed E-state index contributed by atoms with van der Waals surface area (Å²) >= 11 is 0. The fourth-order valence-electron chi connectivity index (χ4n) is 2.38. The molecule has 0 radical (unpaired) electrons. The summed E-state index contributed by atoms with van der Waals surface area (Å²) in [5.41, 5.74) is 0.406. The van der Waals surface area contributed by atoms with E-state index in [-0.39, 0.29) is 17.3 Å². The van der Waals surface area contributed by atoms with Crippen molar-refractivity contribution in [3.05, 3.63) is 46.5 Å². The van der Waals surface area contributed by atoms with Crippen LogP contribution in [-0.2, 0) is 0 Å². The van der Waals surface area contributed by atoms with Crippen molar-refractivity contribution in [2.45, 2.75) is 0 Å². The van der Waals surface area contributed by atoms with Crippen LogP contribution in [0.4, 0.5) is 5.69 Å². The first kappa shape index (κ1) is 14.1. The van der Waals surface area contributed by atoms with E-state index in [1.54, 1.807) is 11.0 Å². The van der Waals surface area contributed by atoms with Gasteiger partial charge in [0.1, 0.15) is 18.3 Å². The van der Waals surface area contributed by atoms with Crippen LogP contribution in [0, 0.1) is 10.1 Å². The number of nitro benzene ring substituents is 1. The van der Waals surface area contributed by atoms with Crippen LogP contribution in [0.5, 0.6) is 0 Å². The molecule has 1 amide bonds. The molecule has 0 bridgehead atoms. The summed E-state index contributed by atoms with van der Waals surface area (Å²) < 4.78 is 1.30. The average molecular weight is 302 g/mol. The summed E-state index contributed by atoms with van der Waals surface area (Å²) in [7, 11) is 0. The number of benzene rings is 1. The predicted molar refractivity (Wildman–Crippen MR) is 76.8 cm³/mol. The number of carbonyl (C=O) groups is 1. The van der Waals surface area contributed by atoms with E-state index in [2.05, 4.69) is 15.4 Å². The molecule has 1 aliphatic rings. The van der Waals surface area contributed by atoms with E-state index in [4.69, 9.17) is 0 Å². The third-order valence-electron chi connectivity index (χ3n) is 3.49. The van der Waals surface area contributed by atoms with Crippen LogP contribution in [0.2, 0.25) is 0 Å². The van der Waals surface area contributed by atoms with Gasteiger partial charge in [0.05, 0.1) is 4.92 Å². The third kappa shape index (κ3) is 2.66. The molecule has 0 atom stereocenters. The predicted octanol–water partition coefficient (Wildman–Crippen LogP) is 0.221. The van der Waals surface area contributed by atoms with Gasteiger partial charge in [0.2, 0.25) is 0 Å². The number of hydrogen-bond acceptors (Lipinski definition) is 6. The van der Waals surface area contributed by atoms with Crippen molar-refractivity contribution in [1.29, 1.82) is 0 Å². The van der Waals surface area contributed by atoms with Crippen LogP contribution < -0.4 is 5.32 Å². The highest BCUT2D eigenvalue weighted by Crippen LogP contribution is 2.24. The van der Waals surface area contributed by atoms with Crippen molar-refractivity contribution in [3.8, 4) is 5.69 Å². The van der Waals surface area contributed by atoms with Gasteiger partial charge in [0.25, 0.3) is 11.6 Å². The minimum atomic E-state index is -0.522. The number of carbonyl (C=O) groups excluding carboxylic acids is 1. The number of rotatable bonds is 3. The van der Waals surface area contributed by atoms with Crippen molar-refractivity contribution in [2.24, 2.45) is 0 Å². The van der Waals surface area contributed by atoms with Crippen LogP contribution in [0.25, 0.3) is 5.69 Å². The van der Waals surface area contributed by atoms with Gasteiger partial charge in [-0.2, -0.15) is 5.10 Å². The summed E-state index contributed by atoms with van der Waals surface area (Å²) in [4.78, 5) is 28.6. The van der Waals surface area contributed by atoms with Crippen LogP contribution in [0.15, 0.2) is 30.9 Å². The summed E-state index contributed by atoms with van der Waals surface area (Å²) in [6, 6.07) is 4.39. The molecule has 22 heavy (non-hydrogen) atoms. The Morgan fingerprint density at radius 3 is 2.73 bits per heavy atom. The molecule has 1 saturated heterocycles. The summed E-state index contributed by atoms with van der Waals surface area (Å²) in [5.74, 6) is -0.199. The summed E-state index contributed by atoms with van der Waals surface area (Å²) in [6.45, 7) is 2.64. The molecule has 1 aliphatic heterocycles. The number of amides is 1. The second-order valence-electron chi connectivity index (χ2n) is 4.84. The van der Waals surface area contributed by atoms with E-state index in [1.165, 1.54) is 29.5 Å². The quantitative estimate of drug-likeness (QED) is 0.642. The van der Waals surface area contributed by atoms with Gasteiger partial charge < -0.3 is 10.2 Å². The van der Waals surface area contributed by atoms with Gasteiger partial charge in [-0.05, 0) is 12.1 Å². The molecule has 0 saturated carbocycles. The third-order valence-corrected chi connectivity index (χ3v) is 3.49. The van der Waals surface area contributed by atoms with Gasteiger partial charge in [-0.3, -0.25) is 14.9 Å². The Labute approximate surface area is 125 Å². The van der Waals surface area contributed by atoms with Gasteiger partial charge in [0.15, 0.2) is 0 Å². The zero-order chi connectivity index (χ0) is 15.5. The smallest absolute Gasteiger partial charge is 0.295 e. The maximum Gasteiger partial charge on any atom is 0.295 e. The first-order valence-electron chi connectivity index (χ1n) is 6.80. The monoisotopic (exact) mass is 302 g/mol. The minimum Gasteiger partial charge on any atom is -0.336 e. The zero-order valence-electron chi connectivity index (χ0n) is 11.7. The molecule has 3 rings (SSSR count).